The number of methoxy groups -OCH3 is 2. The Labute approximate surface area is 197 Å². The molecule has 0 bridgehead atoms. The third-order valence-electron chi connectivity index (χ3n) is 5.28. The van der Waals surface area contributed by atoms with Crippen LogP contribution in [0, 0.1) is 0 Å². The van der Waals surface area contributed by atoms with Gasteiger partial charge in [-0.15, -0.1) is 0 Å². The number of amides is 1. The lowest BCUT2D eigenvalue weighted by molar-refractivity contribution is -0.763. The third kappa shape index (κ3) is 3.57. The Morgan fingerprint density at radius 3 is 2.69 bits per heavy atom. The van der Waals surface area contributed by atoms with Crippen LogP contribution in [0.2, 0.25) is 0 Å². The highest BCUT2D eigenvalue weighted by molar-refractivity contribution is 9.10. The van der Waals surface area contributed by atoms with Crippen LogP contribution in [0.5, 0.6) is 11.5 Å². The summed E-state index contributed by atoms with van der Waals surface area (Å²) in [5, 5.41) is 5.14. The quantitative estimate of drug-likeness (QED) is 0.411. The van der Waals surface area contributed by atoms with Crippen molar-refractivity contribution in [3.8, 4) is 22.8 Å². The first-order valence-electron chi connectivity index (χ1n) is 9.88. The molecule has 1 N–H and O–H groups in total. The Morgan fingerprint density at radius 2 is 2.03 bits per heavy atom. The molecule has 0 fully saturated rings. The maximum atomic E-state index is 13.3. The van der Waals surface area contributed by atoms with Gasteiger partial charge in [0.2, 0.25) is 11.1 Å². The zero-order valence-electron chi connectivity index (χ0n) is 18.0. The van der Waals surface area contributed by atoms with Gasteiger partial charge >= 0.3 is 11.3 Å². The van der Waals surface area contributed by atoms with Crippen LogP contribution in [-0.2, 0) is 4.79 Å². The number of nitrogens with zero attached hydrogens (tertiary/aromatic N) is 3. The molecular formula is C22H22BrN4O4S+. The smallest absolute Gasteiger partial charge is 0.325 e. The number of anilines is 1. The van der Waals surface area contributed by atoms with E-state index in [1.165, 1.54) is 11.8 Å². The molecule has 1 aromatic heterocycles. The van der Waals surface area contributed by atoms with Gasteiger partial charge in [0.15, 0.2) is 11.5 Å². The predicted octanol–water partition coefficient (Wildman–Crippen LogP) is 3.53. The lowest BCUT2D eigenvalue weighted by Gasteiger charge is -2.32. The summed E-state index contributed by atoms with van der Waals surface area (Å²) in [7, 11) is 3.11. The first-order chi connectivity index (χ1) is 15.4. The summed E-state index contributed by atoms with van der Waals surface area (Å²) in [6.45, 7) is 1.81. The number of aromatic amines is 1. The second-order valence-corrected chi connectivity index (χ2v) is 8.65. The van der Waals surface area contributed by atoms with Crippen LogP contribution in [0.15, 0.2) is 50.8 Å². The van der Waals surface area contributed by atoms with Gasteiger partial charge in [-0.1, -0.05) is 30.8 Å². The number of aromatic nitrogens is 3. The first-order valence-corrected chi connectivity index (χ1v) is 11.9. The molecule has 32 heavy (non-hydrogen) atoms. The van der Waals surface area contributed by atoms with Crippen molar-refractivity contribution in [1.82, 2.24) is 10.1 Å². The van der Waals surface area contributed by atoms with Crippen molar-refractivity contribution >= 4 is 39.3 Å². The van der Waals surface area contributed by atoms with Gasteiger partial charge in [0, 0.05) is 11.5 Å². The second kappa shape index (κ2) is 8.95. The highest BCUT2D eigenvalue weighted by Crippen LogP contribution is 2.42. The van der Waals surface area contributed by atoms with Gasteiger partial charge in [-0.25, -0.2) is 4.90 Å². The van der Waals surface area contributed by atoms with E-state index in [2.05, 4.69) is 26.0 Å². The molecule has 1 aliphatic heterocycles. The van der Waals surface area contributed by atoms with Crippen molar-refractivity contribution < 1.29 is 19.0 Å². The standard InChI is InChI=1S/C22H21BrN4O4S/c1-5-17(28)26-15-9-7-6-8-13(15)18-20(29)24-22(32-4)25-27(18)21(26)12-10-14(23)19(31-3)16(11-12)30-2/h6-11,21H,5H2,1-4H3/p+1. The van der Waals surface area contributed by atoms with Crippen LogP contribution in [0.1, 0.15) is 25.1 Å². The average molecular weight is 518 g/mol. The van der Waals surface area contributed by atoms with E-state index >= 15 is 0 Å². The number of nitrogens with one attached hydrogen (secondary N) is 1. The summed E-state index contributed by atoms with van der Waals surface area (Å²) >= 11 is 4.87. The topological polar surface area (TPSA) is 88.4 Å². The first kappa shape index (κ1) is 22.3. The molecule has 0 aliphatic carbocycles. The van der Waals surface area contributed by atoms with Gasteiger partial charge in [0.1, 0.15) is 0 Å². The lowest BCUT2D eigenvalue weighted by Crippen LogP contribution is -2.60. The van der Waals surface area contributed by atoms with Crippen LogP contribution in [-0.4, -0.2) is 36.5 Å². The molecule has 8 nitrogen and oxygen atoms in total. The van der Waals surface area contributed by atoms with Gasteiger partial charge in [-0.3, -0.25) is 14.6 Å². The Bertz CT molecular complexity index is 1260. The number of thioether (sulfide) groups is 1. The molecule has 3 aromatic rings. The molecule has 1 aliphatic rings. The summed E-state index contributed by atoms with van der Waals surface area (Å²) in [4.78, 5) is 30.9. The summed E-state index contributed by atoms with van der Waals surface area (Å²) < 4.78 is 13.3. The number of benzene rings is 2. The molecule has 2 heterocycles. The highest BCUT2D eigenvalue weighted by atomic mass is 79.9. The summed E-state index contributed by atoms with van der Waals surface area (Å²) in [6, 6.07) is 11.0. The normalized spacial score (nSPS) is 14.5. The minimum atomic E-state index is -0.698. The average Bonchev–Trinajstić information content (AvgIpc) is 2.81. The van der Waals surface area contributed by atoms with Crippen molar-refractivity contribution in [1.29, 1.82) is 0 Å². The number of fused-ring (bicyclic) bond motifs is 3. The minimum absolute atomic E-state index is 0.0979. The van der Waals surface area contributed by atoms with Crippen LogP contribution in [0.25, 0.3) is 11.3 Å². The van der Waals surface area contributed by atoms with Crippen molar-refractivity contribution in [3.05, 3.63) is 56.8 Å². The van der Waals surface area contributed by atoms with Gasteiger partial charge in [0.05, 0.1) is 35.5 Å². The van der Waals surface area contributed by atoms with Crippen LogP contribution < -0.4 is 24.6 Å². The number of para-hydroxylation sites is 1. The second-order valence-electron chi connectivity index (χ2n) is 7.00. The minimum Gasteiger partial charge on any atom is -0.493 e. The van der Waals surface area contributed by atoms with Crippen molar-refractivity contribution in [3.63, 3.8) is 0 Å². The van der Waals surface area contributed by atoms with Crippen LogP contribution in [0.4, 0.5) is 5.69 Å². The fourth-order valence-electron chi connectivity index (χ4n) is 3.89. The zero-order valence-corrected chi connectivity index (χ0v) is 20.4. The number of carbonyl (C=O) groups excluding carboxylic acids is 1. The van der Waals surface area contributed by atoms with E-state index in [1.54, 1.807) is 29.9 Å². The molecule has 166 valence electrons. The number of ether oxygens (including phenoxy) is 2. The number of halogens is 1. The molecule has 10 heteroatoms. The number of H-pyrrole nitrogens is 1. The zero-order chi connectivity index (χ0) is 23.0. The monoisotopic (exact) mass is 517 g/mol. The number of hydrogen-bond donors (Lipinski definition) is 1. The van der Waals surface area contributed by atoms with E-state index in [9.17, 15) is 9.59 Å². The van der Waals surface area contributed by atoms with Gasteiger partial charge in [-0.2, -0.15) is 0 Å². The van der Waals surface area contributed by atoms with E-state index in [0.29, 0.717) is 43.6 Å². The molecular weight excluding hydrogens is 496 g/mol. The third-order valence-corrected chi connectivity index (χ3v) is 6.44. The van der Waals surface area contributed by atoms with Gasteiger partial charge < -0.3 is 9.47 Å². The summed E-state index contributed by atoms with van der Waals surface area (Å²) in [6.07, 6.45) is 1.42. The molecule has 0 saturated carbocycles. The molecule has 1 unspecified atom stereocenters. The largest absolute Gasteiger partial charge is 0.493 e. The van der Waals surface area contributed by atoms with E-state index in [-0.39, 0.29) is 17.9 Å². The number of carbonyl (C=O) groups is 1. The van der Waals surface area contributed by atoms with Crippen molar-refractivity contribution in [2.75, 3.05) is 25.4 Å². The Balaban J connectivity index is 2.09. The Morgan fingerprint density at radius 1 is 1.28 bits per heavy atom. The Hall–Kier alpha value is -2.85. The fourth-order valence-corrected chi connectivity index (χ4v) is 4.88. The molecule has 4 rings (SSSR count). The number of rotatable bonds is 5. The van der Waals surface area contributed by atoms with Crippen LogP contribution in [0.3, 0.4) is 0 Å². The molecule has 0 spiro atoms. The maximum Gasteiger partial charge on any atom is 0.325 e. The van der Waals surface area contributed by atoms with E-state index < -0.39 is 6.17 Å². The maximum absolute atomic E-state index is 13.3. The molecule has 1 atom stereocenters. The molecule has 2 aromatic carbocycles. The summed E-state index contributed by atoms with van der Waals surface area (Å²) in [5.41, 5.74) is 2.12. The predicted molar refractivity (Wildman–Crippen MR) is 125 cm³/mol. The number of hydrogen-bond acceptors (Lipinski definition) is 6. The van der Waals surface area contributed by atoms with E-state index in [1.807, 2.05) is 43.5 Å². The Kier molecular flexibility index (Phi) is 6.25. The van der Waals surface area contributed by atoms with Gasteiger partial charge in [0.25, 0.3) is 6.17 Å². The van der Waals surface area contributed by atoms with Gasteiger partial charge in [-0.05, 0) is 51.1 Å². The lowest BCUT2D eigenvalue weighted by atomic mass is 10.0. The molecule has 1 amide bonds. The summed E-state index contributed by atoms with van der Waals surface area (Å²) in [5.74, 6) is 0.936. The molecule has 0 radical (unpaired) electrons. The van der Waals surface area contributed by atoms with Crippen LogP contribution >= 0.6 is 27.7 Å². The van der Waals surface area contributed by atoms with E-state index in [0.717, 1.165) is 0 Å². The highest BCUT2D eigenvalue weighted by Gasteiger charge is 2.45. The van der Waals surface area contributed by atoms with E-state index in [4.69, 9.17) is 9.47 Å². The SMILES string of the molecule is CCC(=O)N1c2ccccc2-c2c(=O)[nH]c(SC)n[n+]2C1c1cc(Br)c(OC)c(OC)c1. The fraction of sp³-hybridized carbons (Fsp3) is 0.273. The molecule has 0 saturated heterocycles. The van der Waals surface area contributed by atoms with Crippen molar-refractivity contribution in [2.45, 2.75) is 24.7 Å². The van der Waals surface area contributed by atoms with Crippen molar-refractivity contribution in [2.24, 2.45) is 0 Å².